The van der Waals surface area contributed by atoms with E-state index in [1.165, 1.54) is 7.11 Å². The van der Waals surface area contributed by atoms with Crippen LogP contribution in [0.4, 0.5) is 0 Å². The molecule has 0 aliphatic heterocycles. The van der Waals surface area contributed by atoms with Gasteiger partial charge >= 0.3 is 0 Å². The molecule has 0 aliphatic carbocycles. The molecule has 0 N–H and O–H groups in total. The van der Waals surface area contributed by atoms with E-state index in [0.717, 1.165) is 5.69 Å². The number of aromatic nitrogens is 1. The largest absolute Gasteiger partial charge is 0.324 e. The average Bonchev–Trinajstić information content (AvgIpc) is 2.39. The summed E-state index contributed by atoms with van der Waals surface area (Å²) in [6.45, 7) is 1.87. The van der Waals surface area contributed by atoms with Crippen molar-refractivity contribution < 1.29 is 9.09 Å². The first kappa shape index (κ1) is 12.0. The Hall–Kier alpha value is -1.44. The molecular weight excluding hydrogens is 233 g/mol. The van der Waals surface area contributed by atoms with Crippen molar-refractivity contribution >= 4 is 18.1 Å². The van der Waals surface area contributed by atoms with E-state index in [1.54, 1.807) is 18.2 Å². The Balaban J connectivity index is 2.56. The van der Waals surface area contributed by atoms with Crippen LogP contribution >= 0.6 is 7.37 Å². The Kier molecular flexibility index (Phi) is 3.41. The zero-order valence-electron chi connectivity index (χ0n) is 9.83. The van der Waals surface area contributed by atoms with Gasteiger partial charge in [0.05, 0.1) is 0 Å². The van der Waals surface area contributed by atoms with E-state index in [0.29, 0.717) is 10.7 Å². The van der Waals surface area contributed by atoms with E-state index in [2.05, 4.69) is 4.98 Å². The molecule has 1 aromatic heterocycles. The summed E-state index contributed by atoms with van der Waals surface area (Å²) in [5, 5.41) is 0.667. The molecule has 0 saturated heterocycles. The number of hydrogen-bond donors (Lipinski definition) is 0. The van der Waals surface area contributed by atoms with Gasteiger partial charge in [-0.25, -0.2) is 4.98 Å². The Morgan fingerprint density at radius 3 is 2.35 bits per heavy atom. The van der Waals surface area contributed by atoms with Crippen LogP contribution in [0.2, 0.25) is 0 Å². The fourth-order valence-electron chi connectivity index (χ4n) is 1.65. The maximum absolute atomic E-state index is 12.9. The van der Waals surface area contributed by atoms with Crippen molar-refractivity contribution in [3.8, 4) is 0 Å². The molecule has 0 aliphatic rings. The second kappa shape index (κ2) is 4.82. The third-order valence-electron chi connectivity index (χ3n) is 2.53. The minimum Gasteiger partial charge on any atom is -0.324 e. The first-order chi connectivity index (χ1) is 8.16. The Morgan fingerprint density at radius 1 is 1.06 bits per heavy atom. The molecule has 1 atom stereocenters. The third kappa shape index (κ3) is 2.31. The van der Waals surface area contributed by atoms with Gasteiger partial charge in [-0.3, -0.25) is 4.57 Å². The number of rotatable bonds is 3. The van der Waals surface area contributed by atoms with Gasteiger partial charge < -0.3 is 4.52 Å². The molecule has 0 bridgehead atoms. The molecule has 1 unspecified atom stereocenters. The molecule has 0 saturated carbocycles. The van der Waals surface area contributed by atoms with E-state index in [9.17, 15) is 4.57 Å². The maximum Gasteiger partial charge on any atom is 0.278 e. The van der Waals surface area contributed by atoms with E-state index in [1.807, 2.05) is 37.3 Å². The summed E-state index contributed by atoms with van der Waals surface area (Å²) in [4.78, 5) is 4.30. The summed E-state index contributed by atoms with van der Waals surface area (Å²) in [5.41, 5.74) is 1.32. The molecule has 1 heterocycles. The normalized spacial score (nSPS) is 14.2. The summed E-state index contributed by atoms with van der Waals surface area (Å²) in [6, 6.07) is 14.6. The minimum absolute atomic E-state index is 0.492. The van der Waals surface area contributed by atoms with Crippen LogP contribution in [0.25, 0.3) is 0 Å². The molecule has 0 radical (unpaired) electrons. The van der Waals surface area contributed by atoms with Gasteiger partial charge in [-0.15, -0.1) is 0 Å². The monoisotopic (exact) mass is 247 g/mol. The van der Waals surface area contributed by atoms with E-state index in [4.69, 9.17) is 4.52 Å². The molecule has 4 heteroatoms. The molecular formula is C13H14NO2P. The van der Waals surface area contributed by atoms with Gasteiger partial charge in [0.15, 0.2) is 0 Å². The van der Waals surface area contributed by atoms with Crippen LogP contribution in [0.5, 0.6) is 0 Å². The van der Waals surface area contributed by atoms with E-state index in [-0.39, 0.29) is 0 Å². The summed E-state index contributed by atoms with van der Waals surface area (Å²) in [7, 11) is -1.59. The molecule has 3 nitrogen and oxygen atoms in total. The average molecular weight is 247 g/mol. The van der Waals surface area contributed by atoms with E-state index >= 15 is 0 Å². The zero-order valence-corrected chi connectivity index (χ0v) is 10.7. The lowest BCUT2D eigenvalue weighted by Gasteiger charge is -2.16. The SMILES string of the molecule is COP(=O)(c1ccccc1)c1cccc(C)n1. The van der Waals surface area contributed by atoms with Crippen molar-refractivity contribution in [1.29, 1.82) is 0 Å². The van der Waals surface area contributed by atoms with Gasteiger partial charge in [-0.05, 0) is 31.2 Å². The second-order valence-electron chi connectivity index (χ2n) is 3.71. The Labute approximate surface area is 101 Å². The molecule has 17 heavy (non-hydrogen) atoms. The van der Waals surface area contributed by atoms with Crippen molar-refractivity contribution in [3.05, 3.63) is 54.2 Å². The first-order valence-electron chi connectivity index (χ1n) is 5.32. The number of aryl methyl sites for hydroxylation is 1. The van der Waals surface area contributed by atoms with Crippen LogP contribution in [0.1, 0.15) is 5.69 Å². The summed E-state index contributed by atoms with van der Waals surface area (Å²) < 4.78 is 18.1. The maximum atomic E-state index is 12.9. The molecule has 0 amide bonds. The van der Waals surface area contributed by atoms with E-state index < -0.39 is 7.37 Å². The van der Waals surface area contributed by atoms with Gasteiger partial charge in [0.2, 0.25) is 0 Å². The van der Waals surface area contributed by atoms with Crippen LogP contribution in [-0.4, -0.2) is 12.1 Å². The molecule has 2 aromatic rings. The van der Waals surface area contributed by atoms with Crippen LogP contribution in [0, 0.1) is 6.92 Å². The van der Waals surface area contributed by atoms with Crippen LogP contribution in [0.3, 0.4) is 0 Å². The van der Waals surface area contributed by atoms with Crippen molar-refractivity contribution in [2.45, 2.75) is 6.92 Å². The van der Waals surface area contributed by atoms with Crippen molar-refractivity contribution in [2.24, 2.45) is 0 Å². The highest BCUT2D eigenvalue weighted by atomic mass is 31.2. The molecule has 2 rings (SSSR count). The lowest BCUT2D eigenvalue weighted by molar-refractivity contribution is 0.411. The third-order valence-corrected chi connectivity index (χ3v) is 4.87. The highest BCUT2D eigenvalue weighted by molar-refractivity contribution is 7.74. The molecule has 88 valence electrons. The van der Waals surface area contributed by atoms with Gasteiger partial charge in [-0.2, -0.15) is 0 Å². The molecule has 1 aromatic carbocycles. The predicted octanol–water partition coefficient (Wildman–Crippen LogP) is 2.27. The van der Waals surface area contributed by atoms with Crippen molar-refractivity contribution in [2.75, 3.05) is 7.11 Å². The highest BCUT2D eigenvalue weighted by Crippen LogP contribution is 2.42. The predicted molar refractivity (Wildman–Crippen MR) is 69.3 cm³/mol. The lowest BCUT2D eigenvalue weighted by atomic mass is 10.4. The summed E-state index contributed by atoms with van der Waals surface area (Å²) in [5.74, 6) is 0. The first-order valence-corrected chi connectivity index (χ1v) is 6.95. The highest BCUT2D eigenvalue weighted by Gasteiger charge is 2.28. The van der Waals surface area contributed by atoms with Gasteiger partial charge in [0.25, 0.3) is 7.37 Å². The fraction of sp³-hybridized carbons (Fsp3) is 0.154. The number of hydrogen-bond acceptors (Lipinski definition) is 3. The summed E-state index contributed by atoms with van der Waals surface area (Å²) in [6.07, 6.45) is 0. The fourth-order valence-corrected chi connectivity index (χ4v) is 3.45. The smallest absolute Gasteiger partial charge is 0.278 e. The molecule has 0 fully saturated rings. The van der Waals surface area contributed by atoms with Crippen molar-refractivity contribution in [1.82, 2.24) is 4.98 Å². The van der Waals surface area contributed by atoms with Gasteiger partial charge in [0, 0.05) is 18.1 Å². The topological polar surface area (TPSA) is 39.2 Å². The van der Waals surface area contributed by atoms with Crippen LogP contribution in [-0.2, 0) is 9.09 Å². The Morgan fingerprint density at radius 2 is 1.76 bits per heavy atom. The number of nitrogens with zero attached hydrogens (tertiary/aromatic N) is 1. The number of benzene rings is 1. The minimum atomic E-state index is -3.04. The Bertz CT molecular complexity index is 554. The zero-order chi connectivity index (χ0) is 12.3. The van der Waals surface area contributed by atoms with Crippen LogP contribution in [0.15, 0.2) is 48.5 Å². The van der Waals surface area contributed by atoms with Crippen LogP contribution < -0.4 is 10.7 Å². The summed E-state index contributed by atoms with van der Waals surface area (Å²) >= 11 is 0. The second-order valence-corrected chi connectivity index (χ2v) is 6.15. The lowest BCUT2D eigenvalue weighted by Crippen LogP contribution is -2.20. The van der Waals surface area contributed by atoms with Gasteiger partial charge in [0.1, 0.15) is 5.44 Å². The molecule has 0 spiro atoms. The standard InChI is InChI=1S/C13H14NO2P/c1-11-7-6-10-13(14-11)17(15,16-2)12-8-4-3-5-9-12/h3-10H,1-2H3. The van der Waals surface area contributed by atoms with Crippen molar-refractivity contribution in [3.63, 3.8) is 0 Å². The quantitative estimate of drug-likeness (QED) is 0.781. The number of pyridine rings is 1. The van der Waals surface area contributed by atoms with Gasteiger partial charge in [-0.1, -0.05) is 24.3 Å².